The summed E-state index contributed by atoms with van der Waals surface area (Å²) in [5, 5.41) is 0. The summed E-state index contributed by atoms with van der Waals surface area (Å²) in [7, 11) is 0. The van der Waals surface area contributed by atoms with E-state index in [1.807, 2.05) is 30.3 Å². The first kappa shape index (κ1) is 13.3. The predicted molar refractivity (Wildman–Crippen MR) is 84.0 cm³/mol. The molecule has 0 aliphatic carbocycles. The van der Waals surface area contributed by atoms with Crippen molar-refractivity contribution in [3.05, 3.63) is 67.6 Å². The van der Waals surface area contributed by atoms with Crippen molar-refractivity contribution in [3.63, 3.8) is 0 Å². The van der Waals surface area contributed by atoms with Crippen molar-refractivity contribution >= 4 is 0 Å². The third-order valence-electron chi connectivity index (χ3n) is 3.28. The summed E-state index contributed by atoms with van der Waals surface area (Å²) in [5.41, 5.74) is 2.82. The van der Waals surface area contributed by atoms with E-state index in [2.05, 4.69) is 24.9 Å². The van der Waals surface area contributed by atoms with Gasteiger partial charge in [0.05, 0.1) is 23.7 Å². The van der Waals surface area contributed by atoms with E-state index < -0.39 is 0 Å². The van der Waals surface area contributed by atoms with Crippen molar-refractivity contribution in [1.29, 1.82) is 0 Å². The summed E-state index contributed by atoms with van der Waals surface area (Å²) in [5.74, 6) is 1.19. The van der Waals surface area contributed by atoms with Gasteiger partial charge in [0, 0.05) is 24.8 Å². The van der Waals surface area contributed by atoms with E-state index in [9.17, 15) is 0 Å². The van der Waals surface area contributed by atoms with Crippen molar-refractivity contribution in [2.75, 3.05) is 0 Å². The fraction of sp³-hybridized carbons (Fsp3) is 0. The molecule has 0 bridgehead atoms. The lowest BCUT2D eigenvalue weighted by atomic mass is 10.1. The molecule has 0 atom stereocenters. The lowest BCUT2D eigenvalue weighted by molar-refractivity contribution is 0.582. The van der Waals surface area contributed by atoms with E-state index in [-0.39, 0.29) is 0 Å². The monoisotopic (exact) mass is 301 g/mol. The normalized spacial score (nSPS) is 10.6. The van der Waals surface area contributed by atoms with Gasteiger partial charge in [-0.3, -0.25) is 9.97 Å². The maximum absolute atomic E-state index is 5.49. The molecule has 0 spiro atoms. The Morgan fingerprint density at radius 1 is 0.783 bits per heavy atom. The Labute approximate surface area is 131 Å². The number of rotatable bonds is 3. The number of aromatic nitrogens is 5. The van der Waals surface area contributed by atoms with Gasteiger partial charge in [0.2, 0.25) is 0 Å². The molecule has 0 radical (unpaired) electrons. The largest absolute Gasteiger partial charge is 0.464 e. The molecule has 6 heteroatoms. The van der Waals surface area contributed by atoms with Crippen LogP contribution in [0, 0.1) is 0 Å². The van der Waals surface area contributed by atoms with Crippen molar-refractivity contribution in [1.82, 2.24) is 24.9 Å². The number of hydrogen-bond donors (Lipinski definition) is 0. The Hall–Kier alpha value is -3.41. The third-order valence-corrected chi connectivity index (χ3v) is 3.28. The molecule has 4 heterocycles. The zero-order valence-corrected chi connectivity index (χ0v) is 12.0. The van der Waals surface area contributed by atoms with Gasteiger partial charge in [0.25, 0.3) is 0 Å². The molecule has 4 aromatic rings. The summed E-state index contributed by atoms with van der Waals surface area (Å²) in [6.07, 6.45) is 9.92. The minimum Gasteiger partial charge on any atom is -0.464 e. The highest BCUT2D eigenvalue weighted by Crippen LogP contribution is 2.30. The minimum absolute atomic E-state index is 0.494. The van der Waals surface area contributed by atoms with Crippen molar-refractivity contribution < 1.29 is 4.42 Å². The molecule has 23 heavy (non-hydrogen) atoms. The molecule has 0 unspecified atom stereocenters. The Kier molecular flexibility index (Phi) is 3.32. The summed E-state index contributed by atoms with van der Waals surface area (Å²) < 4.78 is 5.49. The molecule has 0 fully saturated rings. The Morgan fingerprint density at radius 2 is 1.74 bits per heavy atom. The van der Waals surface area contributed by atoms with Crippen LogP contribution in [0.5, 0.6) is 0 Å². The molecule has 4 rings (SSSR count). The van der Waals surface area contributed by atoms with E-state index in [1.165, 1.54) is 0 Å². The van der Waals surface area contributed by atoms with Gasteiger partial charge in [0.15, 0.2) is 5.82 Å². The predicted octanol–water partition coefficient (Wildman–Crippen LogP) is 3.26. The molecule has 4 aromatic heterocycles. The summed E-state index contributed by atoms with van der Waals surface area (Å²) in [6, 6.07) is 9.37. The maximum Gasteiger partial charge on any atom is 0.180 e. The highest BCUT2D eigenvalue weighted by molar-refractivity contribution is 5.76. The van der Waals surface area contributed by atoms with E-state index >= 15 is 0 Å². The average molecular weight is 301 g/mol. The first-order chi connectivity index (χ1) is 11.4. The average Bonchev–Trinajstić information content (AvgIpc) is 3.17. The van der Waals surface area contributed by atoms with Gasteiger partial charge in [-0.05, 0) is 24.3 Å². The smallest absolute Gasteiger partial charge is 0.180 e. The van der Waals surface area contributed by atoms with Crippen LogP contribution in [0.1, 0.15) is 0 Å². The lowest BCUT2D eigenvalue weighted by Gasteiger charge is -2.07. The SMILES string of the molecule is c1ccc(-c2nc(-c3cnccn3)ncc2-c2ccco2)nc1. The van der Waals surface area contributed by atoms with E-state index in [4.69, 9.17) is 4.42 Å². The summed E-state index contributed by atoms with van der Waals surface area (Å²) in [4.78, 5) is 21.7. The Balaban J connectivity index is 1.92. The number of furan rings is 1. The molecule has 0 aliphatic rings. The third kappa shape index (κ3) is 2.57. The number of hydrogen-bond acceptors (Lipinski definition) is 6. The van der Waals surface area contributed by atoms with Crippen molar-refractivity contribution in [2.24, 2.45) is 0 Å². The zero-order valence-electron chi connectivity index (χ0n) is 12.0. The summed E-state index contributed by atoms with van der Waals surface area (Å²) >= 11 is 0. The molecule has 0 saturated carbocycles. The Morgan fingerprint density at radius 3 is 2.48 bits per heavy atom. The molecule has 0 amide bonds. The second kappa shape index (κ2) is 5.76. The van der Waals surface area contributed by atoms with Crippen LogP contribution in [0.25, 0.3) is 34.2 Å². The van der Waals surface area contributed by atoms with Crippen LogP contribution in [0.2, 0.25) is 0 Å². The fourth-order valence-corrected chi connectivity index (χ4v) is 2.23. The van der Waals surface area contributed by atoms with Crippen LogP contribution in [0.3, 0.4) is 0 Å². The fourth-order valence-electron chi connectivity index (χ4n) is 2.23. The minimum atomic E-state index is 0.494. The van der Waals surface area contributed by atoms with E-state index in [1.54, 1.807) is 37.2 Å². The highest BCUT2D eigenvalue weighted by atomic mass is 16.3. The highest BCUT2D eigenvalue weighted by Gasteiger charge is 2.15. The molecular weight excluding hydrogens is 290 g/mol. The van der Waals surface area contributed by atoms with Crippen LogP contribution in [-0.4, -0.2) is 24.9 Å². The lowest BCUT2D eigenvalue weighted by Crippen LogP contribution is -1.98. The number of pyridine rings is 1. The second-order valence-corrected chi connectivity index (χ2v) is 4.74. The van der Waals surface area contributed by atoms with Gasteiger partial charge in [-0.1, -0.05) is 6.07 Å². The van der Waals surface area contributed by atoms with Crippen molar-refractivity contribution in [2.45, 2.75) is 0 Å². The molecule has 110 valence electrons. The standard InChI is InChI=1S/C17H11N5O/c1-2-6-19-13(4-1)16-12(15-5-3-9-23-15)10-21-17(22-16)14-11-18-7-8-20-14/h1-11H. The molecular formula is C17H11N5O. The topological polar surface area (TPSA) is 77.6 Å². The molecule has 0 aliphatic heterocycles. The van der Waals surface area contributed by atoms with Gasteiger partial charge in [0.1, 0.15) is 17.1 Å². The van der Waals surface area contributed by atoms with Crippen molar-refractivity contribution in [3.8, 4) is 34.2 Å². The van der Waals surface area contributed by atoms with Crippen LogP contribution in [0.15, 0.2) is 72.0 Å². The van der Waals surface area contributed by atoms with E-state index in [0.717, 1.165) is 11.3 Å². The number of nitrogens with zero attached hydrogens (tertiary/aromatic N) is 5. The first-order valence-corrected chi connectivity index (χ1v) is 7.00. The van der Waals surface area contributed by atoms with Gasteiger partial charge in [-0.25, -0.2) is 15.0 Å². The van der Waals surface area contributed by atoms with Crippen LogP contribution < -0.4 is 0 Å². The first-order valence-electron chi connectivity index (χ1n) is 7.00. The van der Waals surface area contributed by atoms with Crippen LogP contribution in [0.4, 0.5) is 0 Å². The molecule has 0 N–H and O–H groups in total. The van der Waals surface area contributed by atoms with Crippen LogP contribution >= 0.6 is 0 Å². The quantitative estimate of drug-likeness (QED) is 0.578. The maximum atomic E-state index is 5.49. The Bertz CT molecular complexity index is 908. The van der Waals surface area contributed by atoms with E-state index in [0.29, 0.717) is 23.0 Å². The molecule has 0 saturated heterocycles. The van der Waals surface area contributed by atoms with Gasteiger partial charge < -0.3 is 4.42 Å². The van der Waals surface area contributed by atoms with Gasteiger partial charge in [-0.2, -0.15) is 0 Å². The molecule has 0 aromatic carbocycles. The van der Waals surface area contributed by atoms with Gasteiger partial charge in [-0.15, -0.1) is 0 Å². The summed E-state index contributed by atoms with van der Waals surface area (Å²) in [6.45, 7) is 0. The second-order valence-electron chi connectivity index (χ2n) is 4.74. The molecule has 6 nitrogen and oxygen atoms in total. The van der Waals surface area contributed by atoms with Gasteiger partial charge >= 0.3 is 0 Å². The van der Waals surface area contributed by atoms with Crippen LogP contribution in [-0.2, 0) is 0 Å². The zero-order chi connectivity index (χ0) is 15.5.